The Kier molecular flexibility index (Phi) is 3.57. The van der Waals surface area contributed by atoms with Gasteiger partial charge in [0, 0.05) is 0 Å². The monoisotopic (exact) mass is 229 g/mol. The first-order valence-corrected chi connectivity index (χ1v) is 6.53. The molecule has 1 aromatic carbocycles. The van der Waals surface area contributed by atoms with Gasteiger partial charge in [-0.25, -0.2) is 8.42 Å². The van der Waals surface area contributed by atoms with E-state index < -0.39 is 10.0 Å². The van der Waals surface area contributed by atoms with Crippen molar-refractivity contribution in [1.82, 2.24) is 0 Å². The van der Waals surface area contributed by atoms with Crippen LogP contribution >= 0.6 is 0 Å². The lowest BCUT2D eigenvalue weighted by molar-refractivity contribution is 0.340. The van der Waals surface area contributed by atoms with E-state index in [1.165, 1.54) is 0 Å². The number of hydrogen-bond acceptors (Lipinski definition) is 3. The van der Waals surface area contributed by atoms with E-state index in [0.29, 0.717) is 12.3 Å². The van der Waals surface area contributed by atoms with E-state index in [0.717, 1.165) is 17.6 Å². The standard InChI is InChI=1S/C10H15NO3S/c1-4-14-9-5-6-10(8(2)7-9)11-15(3,12)13/h5-7,11H,4H2,1-3H3. The van der Waals surface area contributed by atoms with Crippen LogP contribution in [0, 0.1) is 6.92 Å². The minimum Gasteiger partial charge on any atom is -0.494 e. The molecular weight excluding hydrogens is 214 g/mol. The van der Waals surface area contributed by atoms with Crippen LogP contribution in [0.3, 0.4) is 0 Å². The van der Waals surface area contributed by atoms with Crippen molar-refractivity contribution in [2.75, 3.05) is 17.6 Å². The molecule has 0 aliphatic heterocycles. The minimum atomic E-state index is -3.22. The molecule has 0 atom stereocenters. The third kappa shape index (κ3) is 3.79. The molecule has 1 rings (SSSR count). The van der Waals surface area contributed by atoms with E-state index in [-0.39, 0.29) is 0 Å². The molecule has 0 aliphatic rings. The third-order valence-corrected chi connectivity index (χ3v) is 2.39. The molecule has 0 saturated heterocycles. The molecule has 0 unspecified atom stereocenters. The largest absolute Gasteiger partial charge is 0.494 e. The number of anilines is 1. The van der Waals surface area contributed by atoms with Crippen LogP contribution in [-0.2, 0) is 10.0 Å². The molecule has 0 aromatic heterocycles. The van der Waals surface area contributed by atoms with E-state index in [1.54, 1.807) is 18.2 Å². The fourth-order valence-electron chi connectivity index (χ4n) is 1.21. The third-order valence-electron chi connectivity index (χ3n) is 1.80. The zero-order chi connectivity index (χ0) is 11.5. The fraction of sp³-hybridized carbons (Fsp3) is 0.400. The molecule has 84 valence electrons. The summed E-state index contributed by atoms with van der Waals surface area (Å²) in [7, 11) is -3.22. The second kappa shape index (κ2) is 4.53. The number of benzene rings is 1. The van der Waals surface area contributed by atoms with Gasteiger partial charge >= 0.3 is 0 Å². The van der Waals surface area contributed by atoms with Crippen LogP contribution in [0.25, 0.3) is 0 Å². The summed E-state index contributed by atoms with van der Waals surface area (Å²) >= 11 is 0. The molecule has 0 aliphatic carbocycles. The Balaban J connectivity index is 2.93. The van der Waals surface area contributed by atoms with Crippen LogP contribution in [0.15, 0.2) is 18.2 Å². The summed E-state index contributed by atoms with van der Waals surface area (Å²) in [5.41, 5.74) is 1.42. The van der Waals surface area contributed by atoms with Crippen LogP contribution in [0.4, 0.5) is 5.69 Å². The van der Waals surface area contributed by atoms with Crippen molar-refractivity contribution >= 4 is 15.7 Å². The zero-order valence-corrected chi connectivity index (χ0v) is 9.89. The van der Waals surface area contributed by atoms with Crippen LogP contribution in [0.1, 0.15) is 12.5 Å². The van der Waals surface area contributed by atoms with Crippen molar-refractivity contribution in [2.45, 2.75) is 13.8 Å². The summed E-state index contributed by atoms with van der Waals surface area (Å²) in [4.78, 5) is 0. The Bertz CT molecular complexity index is 440. The van der Waals surface area contributed by atoms with Gasteiger partial charge < -0.3 is 4.74 Å². The van der Waals surface area contributed by atoms with E-state index in [4.69, 9.17) is 4.74 Å². The molecule has 1 aromatic rings. The van der Waals surface area contributed by atoms with Gasteiger partial charge in [-0.05, 0) is 37.6 Å². The Labute approximate surface area is 90.3 Å². The summed E-state index contributed by atoms with van der Waals surface area (Å²) in [5, 5.41) is 0. The summed E-state index contributed by atoms with van der Waals surface area (Å²) in [5.74, 6) is 0.744. The van der Waals surface area contributed by atoms with Gasteiger partial charge in [0.05, 0.1) is 18.6 Å². The molecule has 4 nitrogen and oxygen atoms in total. The molecule has 0 heterocycles. The Morgan fingerprint density at radius 3 is 2.53 bits per heavy atom. The molecular formula is C10H15NO3S. The van der Waals surface area contributed by atoms with E-state index in [9.17, 15) is 8.42 Å². The first-order chi connectivity index (χ1) is 6.92. The quantitative estimate of drug-likeness (QED) is 0.856. The predicted octanol–water partition coefficient (Wildman–Crippen LogP) is 1.77. The van der Waals surface area contributed by atoms with E-state index in [1.807, 2.05) is 13.8 Å². The van der Waals surface area contributed by atoms with Gasteiger partial charge in [0.25, 0.3) is 0 Å². The zero-order valence-electron chi connectivity index (χ0n) is 9.07. The number of rotatable bonds is 4. The number of nitrogens with one attached hydrogen (secondary N) is 1. The van der Waals surface area contributed by atoms with Crippen LogP contribution in [0.2, 0.25) is 0 Å². The predicted molar refractivity (Wildman–Crippen MR) is 60.8 cm³/mol. The van der Waals surface area contributed by atoms with Gasteiger partial charge in [-0.15, -0.1) is 0 Å². The smallest absolute Gasteiger partial charge is 0.229 e. The Morgan fingerprint density at radius 2 is 2.07 bits per heavy atom. The van der Waals surface area contributed by atoms with Crippen molar-refractivity contribution < 1.29 is 13.2 Å². The lowest BCUT2D eigenvalue weighted by Crippen LogP contribution is -2.10. The molecule has 15 heavy (non-hydrogen) atoms. The van der Waals surface area contributed by atoms with Crippen molar-refractivity contribution in [2.24, 2.45) is 0 Å². The van der Waals surface area contributed by atoms with Gasteiger partial charge in [0.1, 0.15) is 5.75 Å². The van der Waals surface area contributed by atoms with Gasteiger partial charge in [0.15, 0.2) is 0 Å². The summed E-state index contributed by atoms with van der Waals surface area (Å²) in [6.45, 7) is 4.33. The van der Waals surface area contributed by atoms with Crippen LogP contribution in [-0.4, -0.2) is 21.3 Å². The van der Waals surface area contributed by atoms with Crippen molar-refractivity contribution in [3.8, 4) is 5.75 Å². The highest BCUT2D eigenvalue weighted by molar-refractivity contribution is 7.92. The second-order valence-electron chi connectivity index (χ2n) is 3.28. The summed E-state index contributed by atoms with van der Waals surface area (Å²) in [6, 6.07) is 5.24. The molecule has 5 heteroatoms. The highest BCUT2D eigenvalue weighted by Gasteiger charge is 2.05. The molecule has 0 radical (unpaired) electrons. The van der Waals surface area contributed by atoms with Gasteiger partial charge in [-0.2, -0.15) is 0 Å². The van der Waals surface area contributed by atoms with Crippen LogP contribution < -0.4 is 9.46 Å². The highest BCUT2D eigenvalue weighted by atomic mass is 32.2. The first-order valence-electron chi connectivity index (χ1n) is 4.63. The van der Waals surface area contributed by atoms with Crippen LogP contribution in [0.5, 0.6) is 5.75 Å². The summed E-state index contributed by atoms with van der Waals surface area (Å²) < 4.78 is 29.8. The molecule has 1 N–H and O–H groups in total. The Hall–Kier alpha value is -1.23. The number of sulfonamides is 1. The average Bonchev–Trinajstić information content (AvgIpc) is 2.08. The lowest BCUT2D eigenvalue weighted by Gasteiger charge is -2.09. The van der Waals surface area contributed by atoms with E-state index >= 15 is 0 Å². The summed E-state index contributed by atoms with van der Waals surface area (Å²) in [6.07, 6.45) is 1.13. The first kappa shape index (κ1) is 11.8. The average molecular weight is 229 g/mol. The van der Waals surface area contributed by atoms with Crippen molar-refractivity contribution in [3.05, 3.63) is 23.8 Å². The van der Waals surface area contributed by atoms with Crippen molar-refractivity contribution in [3.63, 3.8) is 0 Å². The van der Waals surface area contributed by atoms with Crippen molar-refractivity contribution in [1.29, 1.82) is 0 Å². The topological polar surface area (TPSA) is 55.4 Å². The molecule has 0 spiro atoms. The van der Waals surface area contributed by atoms with Gasteiger partial charge in [-0.3, -0.25) is 4.72 Å². The normalized spacial score (nSPS) is 11.1. The Morgan fingerprint density at radius 1 is 1.40 bits per heavy atom. The SMILES string of the molecule is CCOc1ccc(NS(C)(=O)=O)c(C)c1. The second-order valence-corrected chi connectivity index (χ2v) is 5.03. The highest BCUT2D eigenvalue weighted by Crippen LogP contribution is 2.21. The molecule has 0 fully saturated rings. The number of aryl methyl sites for hydroxylation is 1. The lowest BCUT2D eigenvalue weighted by atomic mass is 10.2. The number of ether oxygens (including phenoxy) is 1. The van der Waals surface area contributed by atoms with Gasteiger partial charge in [0.2, 0.25) is 10.0 Å². The maximum Gasteiger partial charge on any atom is 0.229 e. The molecule has 0 amide bonds. The maximum absolute atomic E-state index is 11.0. The molecule has 0 bridgehead atoms. The maximum atomic E-state index is 11.0. The van der Waals surface area contributed by atoms with E-state index in [2.05, 4.69) is 4.72 Å². The van der Waals surface area contributed by atoms with Gasteiger partial charge in [-0.1, -0.05) is 0 Å². The minimum absolute atomic E-state index is 0.584. The number of hydrogen-bond donors (Lipinski definition) is 1. The molecule has 0 saturated carbocycles. The fourth-order valence-corrected chi connectivity index (χ4v) is 1.84.